The zero-order valence-corrected chi connectivity index (χ0v) is 16.3. The van der Waals surface area contributed by atoms with Crippen molar-refractivity contribution in [1.29, 1.82) is 0 Å². The molecule has 1 atom stereocenters. The van der Waals surface area contributed by atoms with Gasteiger partial charge in [0.05, 0.1) is 5.75 Å². The van der Waals surface area contributed by atoms with E-state index in [-0.39, 0.29) is 30.2 Å². The van der Waals surface area contributed by atoms with Crippen molar-refractivity contribution in [2.45, 2.75) is 31.6 Å². The van der Waals surface area contributed by atoms with Crippen molar-refractivity contribution in [3.63, 3.8) is 0 Å². The number of hydrogen-bond donors (Lipinski definition) is 1. The van der Waals surface area contributed by atoms with Gasteiger partial charge in [-0.05, 0) is 37.0 Å². The molecule has 0 bridgehead atoms. The Morgan fingerprint density at radius 2 is 1.85 bits per heavy atom. The number of hydrogen-bond acceptors (Lipinski definition) is 4. The lowest BCUT2D eigenvalue weighted by Gasteiger charge is -2.13. The quantitative estimate of drug-likeness (QED) is 0.565. The number of ether oxygens (including phenoxy) is 1. The summed E-state index contributed by atoms with van der Waals surface area (Å²) >= 11 is 1.42. The van der Waals surface area contributed by atoms with Gasteiger partial charge >= 0.3 is 5.97 Å². The molecule has 0 saturated carbocycles. The van der Waals surface area contributed by atoms with Gasteiger partial charge in [0.1, 0.15) is 0 Å². The molecule has 2 rings (SSSR count). The summed E-state index contributed by atoms with van der Waals surface area (Å²) in [6.07, 6.45) is 0. The van der Waals surface area contributed by atoms with Gasteiger partial charge < -0.3 is 10.1 Å². The van der Waals surface area contributed by atoms with Crippen LogP contribution in [-0.4, -0.2) is 30.8 Å². The first-order valence-corrected chi connectivity index (χ1v) is 9.61. The molecule has 26 heavy (non-hydrogen) atoms. The van der Waals surface area contributed by atoms with Crippen LogP contribution < -0.4 is 5.32 Å². The zero-order chi connectivity index (χ0) is 18.9. The molecule has 1 amide bonds. The molecule has 5 heteroatoms. The van der Waals surface area contributed by atoms with Gasteiger partial charge in [-0.15, -0.1) is 11.8 Å². The minimum atomic E-state index is -0.388. The highest BCUT2D eigenvalue weighted by molar-refractivity contribution is 8.00. The highest BCUT2D eigenvalue weighted by Crippen LogP contribution is 2.23. The van der Waals surface area contributed by atoms with Crippen LogP contribution in [-0.2, 0) is 14.3 Å². The summed E-state index contributed by atoms with van der Waals surface area (Å²) in [4.78, 5) is 24.7. The summed E-state index contributed by atoms with van der Waals surface area (Å²) < 4.78 is 5.06. The summed E-state index contributed by atoms with van der Waals surface area (Å²) in [6, 6.07) is 16.1. The maximum absolute atomic E-state index is 11.9. The molecule has 0 fully saturated rings. The van der Waals surface area contributed by atoms with Crippen molar-refractivity contribution in [1.82, 2.24) is 5.32 Å². The largest absolute Gasteiger partial charge is 0.455 e. The third-order valence-electron chi connectivity index (χ3n) is 4.01. The van der Waals surface area contributed by atoms with Crippen molar-refractivity contribution < 1.29 is 14.3 Å². The van der Waals surface area contributed by atoms with Crippen molar-refractivity contribution in [2.24, 2.45) is 0 Å². The van der Waals surface area contributed by atoms with E-state index in [1.54, 1.807) is 0 Å². The predicted molar refractivity (Wildman–Crippen MR) is 105 cm³/mol. The van der Waals surface area contributed by atoms with Crippen molar-refractivity contribution >= 4 is 23.6 Å². The fraction of sp³-hybridized carbons (Fsp3) is 0.333. The van der Waals surface area contributed by atoms with E-state index < -0.39 is 0 Å². The van der Waals surface area contributed by atoms with Crippen LogP contribution >= 0.6 is 11.8 Å². The molecular weight excluding hydrogens is 346 g/mol. The Kier molecular flexibility index (Phi) is 7.73. The highest BCUT2D eigenvalue weighted by atomic mass is 32.2. The van der Waals surface area contributed by atoms with Gasteiger partial charge in [0.15, 0.2) is 6.61 Å². The molecule has 0 saturated heterocycles. The van der Waals surface area contributed by atoms with Gasteiger partial charge in [0.2, 0.25) is 0 Å². The lowest BCUT2D eigenvalue weighted by atomic mass is 10.0. The maximum atomic E-state index is 11.9. The lowest BCUT2D eigenvalue weighted by Crippen LogP contribution is -2.31. The number of rotatable bonds is 8. The molecule has 0 spiro atoms. The summed E-state index contributed by atoms with van der Waals surface area (Å²) in [5.74, 6) is -0.271. The topological polar surface area (TPSA) is 55.4 Å². The number of amides is 1. The first-order valence-electron chi connectivity index (χ1n) is 8.63. The number of aryl methyl sites for hydroxylation is 2. The molecule has 0 radical (unpaired) electrons. The maximum Gasteiger partial charge on any atom is 0.316 e. The van der Waals surface area contributed by atoms with E-state index in [9.17, 15) is 9.59 Å². The lowest BCUT2D eigenvalue weighted by molar-refractivity contribution is -0.145. The molecule has 1 N–H and O–H groups in total. The Balaban J connectivity index is 1.67. The smallest absolute Gasteiger partial charge is 0.316 e. The standard InChI is InChI=1S/C21H25NO3S/c1-15-9-10-19(16(2)11-15)26-14-21(24)25-13-20(23)22-12-17(3)18-7-5-4-6-8-18/h4-11,17H,12-14H2,1-3H3,(H,22,23)/t17-/m0/s1. The molecule has 0 aliphatic rings. The minimum absolute atomic E-state index is 0.192. The monoisotopic (exact) mass is 371 g/mol. The summed E-state index contributed by atoms with van der Waals surface area (Å²) in [5, 5.41) is 2.80. The first-order chi connectivity index (χ1) is 12.5. The number of esters is 1. The van der Waals surface area contributed by atoms with Gasteiger partial charge in [-0.1, -0.05) is 55.0 Å². The molecule has 2 aromatic rings. The zero-order valence-electron chi connectivity index (χ0n) is 15.5. The van der Waals surface area contributed by atoms with Gasteiger partial charge in [-0.25, -0.2) is 0 Å². The summed E-state index contributed by atoms with van der Waals surface area (Å²) in [5.41, 5.74) is 3.49. The van der Waals surface area contributed by atoms with Crippen LogP contribution in [0.4, 0.5) is 0 Å². The van der Waals surface area contributed by atoms with Crippen LogP contribution in [0.25, 0.3) is 0 Å². The fourth-order valence-electron chi connectivity index (χ4n) is 2.50. The molecular formula is C21H25NO3S. The molecule has 0 heterocycles. The second kappa shape index (κ2) is 10.0. The Morgan fingerprint density at radius 3 is 2.54 bits per heavy atom. The third-order valence-corrected chi connectivity index (χ3v) is 5.16. The van der Waals surface area contributed by atoms with Gasteiger partial charge in [0, 0.05) is 11.4 Å². The number of carbonyl (C=O) groups excluding carboxylic acids is 2. The van der Waals surface area contributed by atoms with Crippen molar-refractivity contribution in [2.75, 3.05) is 18.9 Å². The van der Waals surface area contributed by atoms with E-state index in [2.05, 4.69) is 11.4 Å². The number of nitrogens with one attached hydrogen (secondary N) is 1. The predicted octanol–water partition coefficient (Wildman–Crippen LogP) is 3.86. The molecule has 2 aromatic carbocycles. The Hall–Kier alpha value is -2.27. The number of benzene rings is 2. The molecule has 0 unspecified atom stereocenters. The van der Waals surface area contributed by atoms with E-state index in [0.29, 0.717) is 6.54 Å². The van der Waals surface area contributed by atoms with Crippen molar-refractivity contribution in [3.05, 3.63) is 65.2 Å². The molecule has 138 valence electrons. The Labute approximate surface area is 159 Å². The van der Waals surface area contributed by atoms with E-state index in [1.807, 2.05) is 63.2 Å². The average molecular weight is 372 g/mol. The average Bonchev–Trinajstić information content (AvgIpc) is 2.64. The van der Waals surface area contributed by atoms with E-state index in [0.717, 1.165) is 16.0 Å². The Morgan fingerprint density at radius 1 is 1.12 bits per heavy atom. The highest BCUT2D eigenvalue weighted by Gasteiger charge is 2.11. The van der Waals surface area contributed by atoms with Crippen LogP contribution in [0.2, 0.25) is 0 Å². The van der Waals surface area contributed by atoms with Crippen LogP contribution in [0.1, 0.15) is 29.5 Å². The van der Waals surface area contributed by atoms with Gasteiger partial charge in [-0.2, -0.15) is 0 Å². The third kappa shape index (κ3) is 6.56. The fourth-order valence-corrected chi connectivity index (χ4v) is 3.31. The molecule has 0 aliphatic carbocycles. The SMILES string of the molecule is Cc1ccc(SCC(=O)OCC(=O)NC[C@H](C)c2ccccc2)c(C)c1. The molecule has 0 aliphatic heterocycles. The normalized spacial score (nSPS) is 11.7. The number of carbonyl (C=O) groups is 2. The van der Waals surface area contributed by atoms with Crippen LogP contribution in [0, 0.1) is 13.8 Å². The van der Waals surface area contributed by atoms with E-state index in [1.165, 1.54) is 17.3 Å². The van der Waals surface area contributed by atoms with Crippen molar-refractivity contribution in [3.8, 4) is 0 Å². The van der Waals surface area contributed by atoms with Gasteiger partial charge in [-0.3, -0.25) is 9.59 Å². The molecule has 4 nitrogen and oxygen atoms in total. The minimum Gasteiger partial charge on any atom is -0.455 e. The van der Waals surface area contributed by atoms with E-state index in [4.69, 9.17) is 4.74 Å². The van der Waals surface area contributed by atoms with Crippen LogP contribution in [0.5, 0.6) is 0 Å². The number of thioether (sulfide) groups is 1. The summed E-state index contributed by atoms with van der Waals surface area (Å²) in [7, 11) is 0. The van der Waals surface area contributed by atoms with Crippen LogP contribution in [0.15, 0.2) is 53.4 Å². The second-order valence-electron chi connectivity index (χ2n) is 6.33. The molecule has 0 aromatic heterocycles. The van der Waals surface area contributed by atoms with Crippen LogP contribution in [0.3, 0.4) is 0 Å². The second-order valence-corrected chi connectivity index (χ2v) is 7.35. The summed E-state index contributed by atoms with van der Waals surface area (Å²) in [6.45, 7) is 6.36. The van der Waals surface area contributed by atoms with E-state index >= 15 is 0 Å². The van der Waals surface area contributed by atoms with Gasteiger partial charge in [0.25, 0.3) is 5.91 Å². The Bertz CT molecular complexity index is 746. The first kappa shape index (κ1) is 20.0.